The van der Waals surface area contributed by atoms with E-state index >= 15 is 0 Å². The molecule has 1 saturated carbocycles. The van der Waals surface area contributed by atoms with Gasteiger partial charge in [-0.25, -0.2) is 0 Å². The van der Waals surface area contributed by atoms with Crippen molar-refractivity contribution in [3.63, 3.8) is 0 Å². The molecule has 0 aromatic carbocycles. The van der Waals surface area contributed by atoms with Crippen molar-refractivity contribution in [2.75, 3.05) is 27.4 Å². The molecule has 8 heteroatoms. The number of carbonyl (C=O) groups is 4. The number of Topliss-reactive ketones (excluding diaryl/α,β-unsaturated/α-hetero) is 1. The molecule has 3 aliphatic rings. The third-order valence-electron chi connectivity index (χ3n) is 4.91. The predicted octanol–water partition coefficient (Wildman–Crippen LogP) is 0.0830. The van der Waals surface area contributed by atoms with Gasteiger partial charge in [-0.15, -0.1) is 0 Å². The van der Waals surface area contributed by atoms with Gasteiger partial charge in [0.1, 0.15) is 5.92 Å². The van der Waals surface area contributed by atoms with Crippen molar-refractivity contribution >= 4 is 24.0 Å². The van der Waals surface area contributed by atoms with Gasteiger partial charge in [-0.2, -0.15) is 0 Å². The molecule has 3 rings (SSSR count). The molecular formula is C17H22O8. The van der Waals surface area contributed by atoms with Crippen molar-refractivity contribution in [3.05, 3.63) is 12.2 Å². The highest BCUT2D eigenvalue weighted by Crippen LogP contribution is 2.53. The Morgan fingerprint density at radius 1 is 1.12 bits per heavy atom. The highest BCUT2D eigenvalue weighted by molar-refractivity contribution is 6.13. The molecule has 0 saturated heterocycles. The van der Waals surface area contributed by atoms with E-state index in [9.17, 15) is 19.2 Å². The highest BCUT2D eigenvalue weighted by atomic mass is 16.6. The molecule has 25 heavy (non-hydrogen) atoms. The largest absolute Gasteiger partial charge is 0.466 e. The van der Waals surface area contributed by atoms with Crippen molar-refractivity contribution in [2.45, 2.75) is 25.0 Å². The second kappa shape index (κ2) is 7.05. The Labute approximate surface area is 145 Å². The number of hydrogen-bond acceptors (Lipinski definition) is 8. The van der Waals surface area contributed by atoms with Gasteiger partial charge in [0.15, 0.2) is 17.5 Å². The van der Waals surface area contributed by atoms with Crippen molar-refractivity contribution in [2.24, 2.45) is 17.8 Å². The second-order valence-corrected chi connectivity index (χ2v) is 5.83. The molecular weight excluding hydrogens is 332 g/mol. The first-order valence-corrected chi connectivity index (χ1v) is 8.04. The van der Waals surface area contributed by atoms with E-state index in [4.69, 9.17) is 18.9 Å². The molecule has 3 aliphatic carbocycles. The number of hydrogen-bond donors (Lipinski definition) is 0. The summed E-state index contributed by atoms with van der Waals surface area (Å²) in [7, 11) is 2.43. The summed E-state index contributed by atoms with van der Waals surface area (Å²) in [5, 5.41) is 0. The molecule has 2 bridgehead atoms. The van der Waals surface area contributed by atoms with Crippen LogP contribution in [0.1, 0.15) is 13.8 Å². The van der Waals surface area contributed by atoms with E-state index in [1.807, 2.05) is 0 Å². The first-order valence-electron chi connectivity index (χ1n) is 8.04. The van der Waals surface area contributed by atoms with Crippen LogP contribution < -0.4 is 0 Å². The van der Waals surface area contributed by atoms with E-state index in [-0.39, 0.29) is 13.2 Å². The third kappa shape index (κ3) is 2.51. The lowest BCUT2D eigenvalue weighted by molar-refractivity contribution is -0.207. The molecule has 0 aliphatic heterocycles. The molecule has 0 radical (unpaired) electrons. The van der Waals surface area contributed by atoms with E-state index < -0.39 is 46.7 Å². The smallest absolute Gasteiger partial charge is 0.313 e. The quantitative estimate of drug-likeness (QED) is 0.274. The summed E-state index contributed by atoms with van der Waals surface area (Å²) in [6, 6.07) is 0. The molecule has 0 aromatic heterocycles. The van der Waals surface area contributed by atoms with Crippen LogP contribution >= 0.6 is 0 Å². The van der Waals surface area contributed by atoms with Crippen LogP contribution in [0.15, 0.2) is 12.2 Å². The minimum absolute atomic E-state index is 0.0658. The van der Waals surface area contributed by atoms with Gasteiger partial charge >= 0.3 is 11.9 Å². The number of esters is 2. The van der Waals surface area contributed by atoms with Crippen molar-refractivity contribution in [3.8, 4) is 0 Å². The number of fused-ring (bicyclic) bond motifs is 2. The van der Waals surface area contributed by atoms with Crippen LogP contribution in [-0.2, 0) is 38.1 Å². The van der Waals surface area contributed by atoms with Gasteiger partial charge in [-0.1, -0.05) is 6.08 Å². The number of ketones is 1. The standard InChI is InChI=1S/C17H22O8/c1-5-24-13(19)11-10-7-8-16(22-3,12(11)14(20)25-6-2)15(21)17(10,9-18)23-4/h7-12H,5-6H2,1-4H3/t10-,11+,12-,16-,17+/m1/s1. The summed E-state index contributed by atoms with van der Waals surface area (Å²) < 4.78 is 20.8. The number of carbonyl (C=O) groups excluding carboxylic acids is 4. The minimum atomic E-state index is -1.93. The van der Waals surface area contributed by atoms with Crippen LogP contribution in [0, 0.1) is 17.8 Å². The Balaban J connectivity index is 2.68. The van der Waals surface area contributed by atoms with Crippen molar-refractivity contribution < 1.29 is 38.1 Å². The first-order chi connectivity index (χ1) is 11.9. The molecule has 8 nitrogen and oxygen atoms in total. The van der Waals surface area contributed by atoms with E-state index in [0.29, 0.717) is 6.29 Å². The Kier molecular flexibility index (Phi) is 5.43. The van der Waals surface area contributed by atoms with E-state index in [0.717, 1.165) is 0 Å². The molecule has 138 valence electrons. The van der Waals surface area contributed by atoms with E-state index in [2.05, 4.69) is 0 Å². The fraction of sp³-hybridized carbons (Fsp3) is 0.647. The maximum atomic E-state index is 13.1. The van der Waals surface area contributed by atoms with Crippen LogP contribution in [0.3, 0.4) is 0 Å². The maximum Gasteiger partial charge on any atom is 0.313 e. The lowest BCUT2D eigenvalue weighted by Crippen LogP contribution is -2.73. The fourth-order valence-corrected chi connectivity index (χ4v) is 3.80. The van der Waals surface area contributed by atoms with E-state index in [1.54, 1.807) is 13.8 Å². The summed E-state index contributed by atoms with van der Waals surface area (Å²) in [4.78, 5) is 50.0. The maximum absolute atomic E-state index is 13.1. The van der Waals surface area contributed by atoms with Gasteiger partial charge in [0.25, 0.3) is 0 Å². The molecule has 0 heterocycles. The molecule has 5 atom stereocenters. The first kappa shape index (κ1) is 19.3. The summed E-state index contributed by atoms with van der Waals surface area (Å²) in [6.07, 6.45) is 3.25. The molecule has 0 N–H and O–H groups in total. The average molecular weight is 354 g/mol. The van der Waals surface area contributed by atoms with Crippen LogP contribution in [0.5, 0.6) is 0 Å². The van der Waals surface area contributed by atoms with Gasteiger partial charge in [0.2, 0.25) is 5.78 Å². The monoisotopic (exact) mass is 354 g/mol. The zero-order chi connectivity index (χ0) is 18.8. The zero-order valence-corrected chi connectivity index (χ0v) is 14.6. The number of methoxy groups -OCH3 is 2. The topological polar surface area (TPSA) is 105 Å². The lowest BCUT2D eigenvalue weighted by Gasteiger charge is -2.54. The van der Waals surface area contributed by atoms with Crippen LogP contribution in [0.2, 0.25) is 0 Å². The summed E-state index contributed by atoms with van der Waals surface area (Å²) in [5.41, 5.74) is -3.76. The molecule has 1 fully saturated rings. The van der Waals surface area contributed by atoms with Crippen molar-refractivity contribution in [1.82, 2.24) is 0 Å². The zero-order valence-electron chi connectivity index (χ0n) is 14.6. The van der Waals surface area contributed by atoms with E-state index in [1.165, 1.54) is 26.4 Å². The lowest BCUT2D eigenvalue weighted by atomic mass is 9.53. The Hall–Kier alpha value is -2.06. The number of ether oxygens (including phenoxy) is 4. The Bertz CT molecular complexity index is 612. The van der Waals surface area contributed by atoms with Gasteiger partial charge in [0.05, 0.1) is 19.1 Å². The van der Waals surface area contributed by atoms with Crippen LogP contribution in [0.25, 0.3) is 0 Å². The normalized spacial score (nSPS) is 36.2. The molecule has 0 amide bonds. The molecule has 0 unspecified atom stereocenters. The second-order valence-electron chi connectivity index (χ2n) is 5.83. The number of rotatable bonds is 7. The predicted molar refractivity (Wildman–Crippen MR) is 83.4 cm³/mol. The minimum Gasteiger partial charge on any atom is -0.466 e. The summed E-state index contributed by atoms with van der Waals surface area (Å²) in [6.45, 7) is 3.38. The third-order valence-corrected chi connectivity index (χ3v) is 4.91. The SMILES string of the molecule is CCOC(=O)[C@H]1[C@H]2C=C[C@](OC)(C(=O)[C@@]2(C=O)OC)[C@H]1C(=O)OCC. The van der Waals surface area contributed by atoms with Gasteiger partial charge < -0.3 is 18.9 Å². The average Bonchev–Trinajstić information content (AvgIpc) is 2.62. The van der Waals surface area contributed by atoms with Gasteiger partial charge in [0, 0.05) is 20.1 Å². The fourth-order valence-electron chi connectivity index (χ4n) is 3.80. The molecule has 0 spiro atoms. The highest BCUT2D eigenvalue weighted by Gasteiger charge is 2.72. The Morgan fingerprint density at radius 3 is 2.20 bits per heavy atom. The van der Waals surface area contributed by atoms with Crippen LogP contribution in [0.4, 0.5) is 0 Å². The number of aldehydes is 1. The summed E-state index contributed by atoms with van der Waals surface area (Å²) >= 11 is 0. The summed E-state index contributed by atoms with van der Waals surface area (Å²) in [5.74, 6) is -5.61. The van der Waals surface area contributed by atoms with Gasteiger partial charge in [-0.05, 0) is 19.9 Å². The van der Waals surface area contributed by atoms with Crippen molar-refractivity contribution in [1.29, 1.82) is 0 Å². The van der Waals surface area contributed by atoms with Crippen LogP contribution in [-0.4, -0.2) is 62.6 Å². The van der Waals surface area contributed by atoms with Gasteiger partial charge in [-0.3, -0.25) is 19.2 Å². The molecule has 0 aromatic rings. The Morgan fingerprint density at radius 2 is 1.72 bits per heavy atom.